The van der Waals surface area contributed by atoms with Crippen LogP contribution in [0.5, 0.6) is 0 Å². The van der Waals surface area contributed by atoms with Gasteiger partial charge < -0.3 is 9.88 Å². The number of aromatic nitrogens is 1. The topological polar surface area (TPSA) is 19.0 Å². The smallest absolute Gasteiger partial charge is 0.0558 e. The van der Waals surface area contributed by atoms with Crippen LogP contribution in [-0.4, -0.2) is 12.0 Å². The molecule has 2 nitrogen and oxygen atoms in total. The highest BCUT2D eigenvalue weighted by atomic mass is 32.2. The molecule has 1 aliphatic heterocycles. The van der Waals surface area contributed by atoms with E-state index in [0.717, 1.165) is 5.92 Å². The Bertz CT molecular complexity index is 1200. The number of hydrogen-bond acceptors (Lipinski definition) is 2. The molecule has 0 bridgehead atoms. The number of nitrogens with one attached hydrogen (secondary N) is 1. The maximum Gasteiger partial charge on any atom is 0.0558 e. The molecule has 3 aromatic carbocycles. The minimum absolute atomic E-state index is 0.784. The fraction of sp³-hybridized carbons (Fsp3) is 0.217. The molecule has 3 heteroatoms. The highest BCUT2D eigenvalue weighted by Gasteiger charge is 2.26. The van der Waals surface area contributed by atoms with Gasteiger partial charge in [0.05, 0.1) is 11.4 Å². The van der Waals surface area contributed by atoms with Gasteiger partial charge in [0.15, 0.2) is 0 Å². The van der Waals surface area contributed by atoms with E-state index in [1.807, 2.05) is 11.8 Å². The van der Waals surface area contributed by atoms with E-state index in [4.69, 9.17) is 0 Å². The Hall–Kier alpha value is -2.39. The van der Waals surface area contributed by atoms with Gasteiger partial charge in [-0.15, -0.1) is 0 Å². The van der Waals surface area contributed by atoms with Crippen molar-refractivity contribution in [1.82, 2.24) is 4.98 Å². The molecular formula is C23H20N2S. The summed E-state index contributed by atoms with van der Waals surface area (Å²) in [5.74, 6) is 0.784. The summed E-state index contributed by atoms with van der Waals surface area (Å²) in [6, 6.07) is 18.1. The Morgan fingerprint density at radius 2 is 1.69 bits per heavy atom. The van der Waals surface area contributed by atoms with Crippen LogP contribution in [0.4, 0.5) is 11.4 Å². The molecule has 1 fully saturated rings. The van der Waals surface area contributed by atoms with Crippen LogP contribution < -0.4 is 4.90 Å². The van der Waals surface area contributed by atoms with Crippen LogP contribution in [0.25, 0.3) is 21.8 Å². The number of rotatable bonds is 1. The van der Waals surface area contributed by atoms with Crippen molar-refractivity contribution in [2.75, 3.05) is 11.9 Å². The number of aromatic amines is 1. The Balaban J connectivity index is 1.61. The zero-order valence-electron chi connectivity index (χ0n) is 15.0. The first-order chi connectivity index (χ1) is 12.7. The molecule has 6 rings (SSSR count). The molecule has 0 amide bonds. The summed E-state index contributed by atoms with van der Waals surface area (Å²) in [7, 11) is 2.18. The van der Waals surface area contributed by atoms with Gasteiger partial charge >= 0.3 is 0 Å². The van der Waals surface area contributed by atoms with Crippen LogP contribution in [0.2, 0.25) is 0 Å². The van der Waals surface area contributed by atoms with Gasteiger partial charge in [-0.1, -0.05) is 23.9 Å². The predicted octanol–water partition coefficient (Wildman–Crippen LogP) is 6.74. The fourth-order valence-corrected chi connectivity index (χ4v) is 5.51. The van der Waals surface area contributed by atoms with E-state index >= 15 is 0 Å². The molecule has 0 atom stereocenters. The molecule has 0 spiro atoms. The second kappa shape index (κ2) is 5.08. The third kappa shape index (κ3) is 2.01. The normalized spacial score (nSPS) is 16.2. The van der Waals surface area contributed by atoms with Crippen molar-refractivity contribution in [3.05, 3.63) is 59.7 Å². The molecule has 0 radical (unpaired) electrons. The van der Waals surface area contributed by atoms with Crippen molar-refractivity contribution in [3.8, 4) is 0 Å². The van der Waals surface area contributed by atoms with Gasteiger partial charge in [-0.25, -0.2) is 0 Å². The number of anilines is 2. The van der Waals surface area contributed by atoms with E-state index in [9.17, 15) is 0 Å². The van der Waals surface area contributed by atoms with Crippen molar-refractivity contribution < 1.29 is 0 Å². The second-order valence-corrected chi connectivity index (χ2v) is 8.73. The van der Waals surface area contributed by atoms with E-state index < -0.39 is 0 Å². The summed E-state index contributed by atoms with van der Waals surface area (Å²) in [4.78, 5) is 8.64. The van der Waals surface area contributed by atoms with Crippen molar-refractivity contribution in [2.24, 2.45) is 0 Å². The van der Waals surface area contributed by atoms with E-state index in [2.05, 4.69) is 72.4 Å². The van der Waals surface area contributed by atoms with Gasteiger partial charge in [0.2, 0.25) is 0 Å². The number of fused-ring (bicyclic) bond motifs is 5. The Morgan fingerprint density at radius 3 is 2.54 bits per heavy atom. The number of H-pyrrole nitrogens is 1. The maximum absolute atomic E-state index is 3.66. The number of nitrogens with zero attached hydrogens (tertiary/aromatic N) is 1. The standard InChI is InChI=1S/C23H20N2S/c1-13-9-18-16(10-15(13)14-7-8-14)17-11-21-23(12-19(17)24-18)26-22-6-4-3-5-20(22)25(21)2/h3-6,9-12,14,24H,7-8H2,1-2H3. The fourth-order valence-electron chi connectivity index (χ4n) is 4.34. The molecule has 128 valence electrons. The van der Waals surface area contributed by atoms with E-state index in [1.54, 1.807) is 5.56 Å². The first kappa shape index (κ1) is 14.7. The summed E-state index contributed by atoms with van der Waals surface area (Å²) in [5, 5.41) is 2.71. The quantitative estimate of drug-likeness (QED) is 0.407. The van der Waals surface area contributed by atoms with Crippen molar-refractivity contribution in [2.45, 2.75) is 35.5 Å². The average Bonchev–Trinajstić information content (AvgIpc) is 3.42. The third-order valence-corrected chi connectivity index (χ3v) is 7.00. The first-order valence-corrected chi connectivity index (χ1v) is 10.1. The number of para-hydroxylation sites is 1. The molecule has 1 aliphatic carbocycles. The van der Waals surface area contributed by atoms with Gasteiger partial charge in [-0.2, -0.15) is 0 Å². The Kier molecular flexibility index (Phi) is 2.88. The van der Waals surface area contributed by atoms with Crippen LogP contribution in [-0.2, 0) is 0 Å². The van der Waals surface area contributed by atoms with Crippen LogP contribution in [0, 0.1) is 6.92 Å². The second-order valence-electron chi connectivity index (χ2n) is 7.65. The average molecular weight is 356 g/mol. The van der Waals surface area contributed by atoms with Gasteiger partial charge in [-0.05, 0) is 73.2 Å². The Morgan fingerprint density at radius 1 is 0.923 bits per heavy atom. The molecule has 1 N–H and O–H groups in total. The Labute approximate surface area is 157 Å². The molecule has 2 heterocycles. The van der Waals surface area contributed by atoms with E-state index in [0.29, 0.717) is 0 Å². The van der Waals surface area contributed by atoms with Gasteiger partial charge in [0.1, 0.15) is 0 Å². The lowest BCUT2D eigenvalue weighted by molar-refractivity contribution is 1.11. The van der Waals surface area contributed by atoms with Gasteiger partial charge in [0, 0.05) is 38.6 Å². The van der Waals surface area contributed by atoms with E-state index in [-0.39, 0.29) is 0 Å². The molecular weight excluding hydrogens is 336 g/mol. The molecule has 4 aromatic rings. The minimum Gasteiger partial charge on any atom is -0.354 e. The highest BCUT2D eigenvalue weighted by Crippen LogP contribution is 2.49. The van der Waals surface area contributed by atoms with Crippen LogP contribution >= 0.6 is 11.8 Å². The number of aryl methyl sites for hydroxylation is 1. The highest BCUT2D eigenvalue weighted by molar-refractivity contribution is 7.99. The van der Waals surface area contributed by atoms with Crippen LogP contribution in [0.15, 0.2) is 58.3 Å². The SMILES string of the molecule is Cc1cc2[nH]c3cc4c(cc3c2cc1C1CC1)N(C)c1ccccc1S4. The largest absolute Gasteiger partial charge is 0.354 e. The monoisotopic (exact) mass is 356 g/mol. The van der Waals surface area contributed by atoms with Crippen LogP contribution in [0.3, 0.4) is 0 Å². The van der Waals surface area contributed by atoms with Gasteiger partial charge in [0.25, 0.3) is 0 Å². The lowest BCUT2D eigenvalue weighted by Crippen LogP contribution is -2.14. The zero-order valence-corrected chi connectivity index (χ0v) is 15.8. The molecule has 2 aliphatic rings. The zero-order chi connectivity index (χ0) is 17.4. The van der Waals surface area contributed by atoms with Crippen molar-refractivity contribution in [1.29, 1.82) is 0 Å². The summed E-state index contributed by atoms with van der Waals surface area (Å²) >= 11 is 1.87. The lowest BCUT2D eigenvalue weighted by atomic mass is 10.0. The summed E-state index contributed by atoms with van der Waals surface area (Å²) in [6.07, 6.45) is 2.69. The summed E-state index contributed by atoms with van der Waals surface area (Å²) < 4.78 is 0. The minimum atomic E-state index is 0.784. The van der Waals surface area contributed by atoms with E-state index in [1.165, 1.54) is 61.4 Å². The molecule has 1 saturated carbocycles. The molecule has 0 saturated heterocycles. The van der Waals surface area contributed by atoms with Crippen molar-refractivity contribution >= 4 is 44.9 Å². The third-order valence-electron chi connectivity index (χ3n) is 5.89. The summed E-state index contributed by atoms with van der Waals surface area (Å²) in [6.45, 7) is 2.25. The molecule has 26 heavy (non-hydrogen) atoms. The van der Waals surface area contributed by atoms with Crippen LogP contribution in [0.1, 0.15) is 29.9 Å². The first-order valence-electron chi connectivity index (χ1n) is 9.29. The van der Waals surface area contributed by atoms with Crippen molar-refractivity contribution in [3.63, 3.8) is 0 Å². The van der Waals surface area contributed by atoms with Gasteiger partial charge in [-0.3, -0.25) is 0 Å². The maximum atomic E-state index is 3.66. The predicted molar refractivity (Wildman–Crippen MR) is 111 cm³/mol. The summed E-state index contributed by atoms with van der Waals surface area (Å²) in [5.41, 5.74) is 8.06. The molecule has 1 aromatic heterocycles. The lowest BCUT2D eigenvalue weighted by Gasteiger charge is -2.29. The molecule has 0 unspecified atom stereocenters. The number of hydrogen-bond donors (Lipinski definition) is 1. The number of benzene rings is 3.